The minimum atomic E-state index is -0.662. The molecule has 0 radical (unpaired) electrons. The first-order valence-electron chi connectivity index (χ1n) is 38.9. The van der Waals surface area contributed by atoms with Gasteiger partial charge >= 0.3 is 5.97 Å². The van der Waals surface area contributed by atoms with Gasteiger partial charge in [0.2, 0.25) is 5.91 Å². The number of hydrogen-bond acceptors (Lipinski definition) is 5. The van der Waals surface area contributed by atoms with Crippen molar-refractivity contribution in [2.75, 3.05) is 13.2 Å². The molecule has 0 bridgehead atoms. The standard InChI is InChI=1S/C78H153NO5/c1-3-5-7-9-11-13-15-17-19-21-23-35-38-42-46-50-54-58-62-66-70-76(81)75(74-80)79-77(82)71-67-63-59-55-51-47-43-39-36-33-31-29-27-25-24-26-28-30-32-34-37-41-45-49-53-57-61-65-69-73-84-78(83)72-68-64-60-56-52-48-44-40-22-20-18-16-14-12-10-8-6-4-2/h20,22,75-76,80-81H,3-19,21,23-74H2,1-2H3,(H,79,82)/b22-20-. The van der Waals surface area contributed by atoms with Crippen LogP contribution in [0.5, 0.6) is 0 Å². The molecular formula is C78H153NO5. The Morgan fingerprint density at radius 3 is 0.845 bits per heavy atom. The highest BCUT2D eigenvalue weighted by atomic mass is 16.5. The van der Waals surface area contributed by atoms with E-state index in [1.54, 1.807) is 0 Å². The number of ether oxygens (including phenoxy) is 1. The van der Waals surface area contributed by atoms with Crippen LogP contribution in [0.15, 0.2) is 12.2 Å². The van der Waals surface area contributed by atoms with E-state index in [0.29, 0.717) is 25.9 Å². The number of carbonyl (C=O) groups is 2. The summed E-state index contributed by atoms with van der Waals surface area (Å²) in [5.41, 5.74) is 0. The van der Waals surface area contributed by atoms with Crippen LogP contribution in [0, 0.1) is 0 Å². The number of nitrogens with one attached hydrogen (secondary N) is 1. The van der Waals surface area contributed by atoms with Crippen LogP contribution in [0.25, 0.3) is 0 Å². The molecule has 0 aromatic carbocycles. The predicted octanol–water partition coefficient (Wildman–Crippen LogP) is 25.5. The van der Waals surface area contributed by atoms with Crippen molar-refractivity contribution in [2.45, 2.75) is 463 Å². The molecule has 0 saturated heterocycles. The third-order valence-electron chi connectivity index (χ3n) is 18.6. The molecule has 1 amide bonds. The van der Waals surface area contributed by atoms with Gasteiger partial charge in [-0.05, 0) is 51.4 Å². The van der Waals surface area contributed by atoms with E-state index in [2.05, 4.69) is 31.3 Å². The molecule has 84 heavy (non-hydrogen) atoms. The van der Waals surface area contributed by atoms with Gasteiger partial charge in [0.1, 0.15) is 0 Å². The summed E-state index contributed by atoms with van der Waals surface area (Å²) < 4.78 is 5.51. The van der Waals surface area contributed by atoms with Crippen LogP contribution >= 0.6 is 0 Å². The molecule has 2 unspecified atom stereocenters. The van der Waals surface area contributed by atoms with Crippen molar-refractivity contribution < 1.29 is 24.5 Å². The molecule has 500 valence electrons. The van der Waals surface area contributed by atoms with Crippen LogP contribution in [0.1, 0.15) is 450 Å². The van der Waals surface area contributed by atoms with E-state index in [4.69, 9.17) is 4.74 Å². The number of esters is 1. The molecule has 0 saturated carbocycles. The molecule has 0 spiro atoms. The van der Waals surface area contributed by atoms with E-state index in [1.165, 1.54) is 372 Å². The van der Waals surface area contributed by atoms with E-state index < -0.39 is 12.1 Å². The molecular weight excluding hydrogens is 1030 g/mol. The molecule has 0 aromatic rings. The zero-order valence-corrected chi connectivity index (χ0v) is 57.4. The number of aliphatic hydroxyl groups is 2. The number of allylic oxidation sites excluding steroid dienone is 2. The lowest BCUT2D eigenvalue weighted by Gasteiger charge is -2.22. The number of carbonyl (C=O) groups excluding carboxylic acids is 2. The molecule has 0 fully saturated rings. The summed E-state index contributed by atoms with van der Waals surface area (Å²) in [4.78, 5) is 24.7. The van der Waals surface area contributed by atoms with E-state index in [0.717, 1.165) is 44.9 Å². The second-order valence-electron chi connectivity index (χ2n) is 27.0. The van der Waals surface area contributed by atoms with Crippen molar-refractivity contribution in [1.29, 1.82) is 0 Å². The fourth-order valence-corrected chi connectivity index (χ4v) is 12.6. The van der Waals surface area contributed by atoms with Crippen LogP contribution in [0.3, 0.4) is 0 Å². The predicted molar refractivity (Wildman–Crippen MR) is 370 cm³/mol. The summed E-state index contributed by atoms with van der Waals surface area (Å²) in [6.07, 6.45) is 92.9. The third-order valence-corrected chi connectivity index (χ3v) is 18.6. The summed E-state index contributed by atoms with van der Waals surface area (Å²) in [6.45, 7) is 5.01. The zero-order valence-electron chi connectivity index (χ0n) is 57.4. The lowest BCUT2D eigenvalue weighted by Crippen LogP contribution is -2.45. The quantitative estimate of drug-likeness (QED) is 0.0320. The van der Waals surface area contributed by atoms with E-state index >= 15 is 0 Å². The largest absolute Gasteiger partial charge is 0.466 e. The van der Waals surface area contributed by atoms with E-state index in [9.17, 15) is 19.8 Å². The van der Waals surface area contributed by atoms with Crippen LogP contribution in [0.2, 0.25) is 0 Å². The van der Waals surface area contributed by atoms with Crippen molar-refractivity contribution >= 4 is 11.9 Å². The Hall–Kier alpha value is -1.40. The molecule has 0 aliphatic carbocycles. The van der Waals surface area contributed by atoms with Crippen molar-refractivity contribution in [3.05, 3.63) is 12.2 Å². The highest BCUT2D eigenvalue weighted by molar-refractivity contribution is 5.76. The number of unbranched alkanes of at least 4 members (excludes halogenated alkanes) is 61. The molecule has 0 aliphatic rings. The van der Waals surface area contributed by atoms with Gasteiger partial charge in [-0.25, -0.2) is 0 Å². The summed E-state index contributed by atoms with van der Waals surface area (Å²) >= 11 is 0. The van der Waals surface area contributed by atoms with Crippen molar-refractivity contribution in [3.8, 4) is 0 Å². The van der Waals surface area contributed by atoms with Gasteiger partial charge in [-0.1, -0.05) is 398 Å². The van der Waals surface area contributed by atoms with Crippen LogP contribution < -0.4 is 5.32 Å². The first-order chi connectivity index (χ1) is 41.5. The average Bonchev–Trinajstić information content (AvgIpc) is 3.51. The third kappa shape index (κ3) is 69.7. The molecule has 6 heteroatoms. The van der Waals surface area contributed by atoms with Gasteiger partial charge in [0, 0.05) is 12.8 Å². The second kappa shape index (κ2) is 74.1. The SMILES string of the molecule is CCCCCCCCC/C=C\CCCCCCCCCC(=O)OCCCCCCCCCCCCCCCCCCCCCCCCCCCCCCCC(=O)NC(CO)C(O)CCCCCCCCCCCCCCCCCCCCCC. The maximum atomic E-state index is 12.6. The summed E-state index contributed by atoms with van der Waals surface area (Å²) in [5, 5.41) is 23.4. The minimum Gasteiger partial charge on any atom is -0.466 e. The van der Waals surface area contributed by atoms with Crippen molar-refractivity contribution in [3.63, 3.8) is 0 Å². The van der Waals surface area contributed by atoms with Crippen LogP contribution in [-0.2, 0) is 14.3 Å². The normalized spacial score (nSPS) is 12.5. The lowest BCUT2D eigenvalue weighted by molar-refractivity contribution is -0.143. The summed E-state index contributed by atoms with van der Waals surface area (Å²) in [5.74, 6) is -0.00817. The Bertz CT molecular complexity index is 1270. The number of amides is 1. The smallest absolute Gasteiger partial charge is 0.305 e. The maximum absolute atomic E-state index is 12.6. The number of aliphatic hydroxyl groups excluding tert-OH is 2. The summed E-state index contributed by atoms with van der Waals surface area (Å²) in [7, 11) is 0. The first-order valence-corrected chi connectivity index (χ1v) is 38.9. The molecule has 6 nitrogen and oxygen atoms in total. The van der Waals surface area contributed by atoms with E-state index in [-0.39, 0.29) is 18.5 Å². The number of rotatable bonds is 74. The zero-order chi connectivity index (χ0) is 60.6. The average molecular weight is 1190 g/mol. The molecule has 0 rings (SSSR count). The fourth-order valence-electron chi connectivity index (χ4n) is 12.6. The Kier molecular flexibility index (Phi) is 72.8. The summed E-state index contributed by atoms with van der Waals surface area (Å²) in [6, 6.07) is -0.539. The molecule has 0 aliphatic heterocycles. The topological polar surface area (TPSA) is 95.9 Å². The maximum Gasteiger partial charge on any atom is 0.305 e. The van der Waals surface area contributed by atoms with Gasteiger partial charge in [0.15, 0.2) is 0 Å². The fraction of sp³-hybridized carbons (Fsp3) is 0.949. The molecule has 0 aromatic heterocycles. The Labute approximate surface area is 527 Å². The van der Waals surface area contributed by atoms with Crippen molar-refractivity contribution in [2.24, 2.45) is 0 Å². The highest BCUT2D eigenvalue weighted by Gasteiger charge is 2.20. The number of hydrogen-bond donors (Lipinski definition) is 3. The Balaban J connectivity index is 3.33. The monoisotopic (exact) mass is 1180 g/mol. The van der Waals surface area contributed by atoms with Gasteiger partial charge in [-0.15, -0.1) is 0 Å². The van der Waals surface area contributed by atoms with Gasteiger partial charge in [0.25, 0.3) is 0 Å². The highest BCUT2D eigenvalue weighted by Crippen LogP contribution is 2.20. The van der Waals surface area contributed by atoms with Gasteiger partial charge in [-0.2, -0.15) is 0 Å². The van der Waals surface area contributed by atoms with Gasteiger partial charge < -0.3 is 20.3 Å². The lowest BCUT2D eigenvalue weighted by atomic mass is 10.0. The molecule has 0 heterocycles. The Morgan fingerprint density at radius 1 is 0.321 bits per heavy atom. The molecule has 2 atom stereocenters. The van der Waals surface area contributed by atoms with E-state index in [1.807, 2.05) is 0 Å². The minimum absolute atomic E-state index is 0.0179. The Morgan fingerprint density at radius 2 is 0.560 bits per heavy atom. The van der Waals surface area contributed by atoms with Crippen LogP contribution in [0.4, 0.5) is 0 Å². The van der Waals surface area contributed by atoms with Crippen molar-refractivity contribution in [1.82, 2.24) is 5.32 Å². The van der Waals surface area contributed by atoms with Crippen LogP contribution in [-0.4, -0.2) is 47.4 Å². The molecule has 3 N–H and O–H groups in total. The second-order valence-corrected chi connectivity index (χ2v) is 27.0. The van der Waals surface area contributed by atoms with Gasteiger partial charge in [-0.3, -0.25) is 9.59 Å². The first kappa shape index (κ1) is 82.6. The van der Waals surface area contributed by atoms with Gasteiger partial charge in [0.05, 0.1) is 25.4 Å².